The maximum atomic E-state index is 13.3. The van der Waals surface area contributed by atoms with E-state index in [4.69, 9.17) is 0 Å². The van der Waals surface area contributed by atoms with Gasteiger partial charge in [0, 0.05) is 38.8 Å². The molecule has 2 fully saturated rings. The molecule has 1 heterocycles. The van der Waals surface area contributed by atoms with Gasteiger partial charge in [-0.15, -0.1) is 0 Å². The maximum absolute atomic E-state index is 13.3. The maximum Gasteiger partial charge on any atom is 0.405 e. The van der Waals surface area contributed by atoms with Crippen LogP contribution >= 0.6 is 0 Å². The number of nitrogens with zero attached hydrogens (tertiary/aromatic N) is 2. The predicted molar refractivity (Wildman–Crippen MR) is 112 cm³/mol. The van der Waals surface area contributed by atoms with Gasteiger partial charge in [-0.25, -0.2) is 0 Å². The highest BCUT2D eigenvalue weighted by Gasteiger charge is 2.43. The smallest absolute Gasteiger partial charge is 0.383 e. The van der Waals surface area contributed by atoms with Gasteiger partial charge in [-0.3, -0.25) is 14.9 Å². The number of amides is 1. The van der Waals surface area contributed by atoms with E-state index in [1.54, 1.807) is 0 Å². The Morgan fingerprint density at radius 3 is 2.29 bits per heavy atom. The third-order valence-electron chi connectivity index (χ3n) is 6.26. The lowest BCUT2D eigenvalue weighted by Gasteiger charge is -2.37. The molecule has 0 aromatic heterocycles. The van der Waals surface area contributed by atoms with Crippen molar-refractivity contribution >= 4 is 23.0 Å². The number of nitro groups is 1. The Labute approximate surface area is 191 Å². The predicted octanol–water partition coefficient (Wildman–Crippen LogP) is 3.83. The van der Waals surface area contributed by atoms with E-state index in [1.807, 2.05) is 0 Å². The van der Waals surface area contributed by atoms with Crippen LogP contribution in [-0.4, -0.2) is 61.9 Å². The van der Waals surface area contributed by atoms with Crippen molar-refractivity contribution in [3.63, 3.8) is 0 Å². The molecule has 1 atom stereocenters. The van der Waals surface area contributed by atoms with E-state index >= 15 is 0 Å². The molecule has 8 nitrogen and oxygen atoms in total. The lowest BCUT2D eigenvalue weighted by molar-refractivity contribution is -0.384. The minimum atomic E-state index is -4.54. The van der Waals surface area contributed by atoms with Crippen molar-refractivity contribution in [2.45, 2.75) is 50.1 Å². The van der Waals surface area contributed by atoms with Gasteiger partial charge in [0.15, 0.2) is 0 Å². The van der Waals surface area contributed by atoms with Gasteiger partial charge in [0.25, 0.3) is 11.6 Å². The summed E-state index contributed by atoms with van der Waals surface area (Å²) in [5.41, 5.74) is -0.553. The van der Waals surface area contributed by atoms with Crippen LogP contribution in [0, 0.1) is 16.0 Å². The van der Waals surface area contributed by atoms with Gasteiger partial charge in [0.05, 0.1) is 22.1 Å². The van der Waals surface area contributed by atoms with Gasteiger partial charge >= 0.3 is 12.4 Å². The fourth-order valence-electron chi connectivity index (χ4n) is 4.39. The molecule has 3 rings (SSSR count). The second-order valence-corrected chi connectivity index (χ2v) is 8.45. The van der Waals surface area contributed by atoms with Crippen LogP contribution in [0.1, 0.15) is 36.0 Å². The Morgan fingerprint density at radius 2 is 1.76 bits per heavy atom. The molecule has 0 radical (unpaired) electrons. The van der Waals surface area contributed by atoms with Crippen molar-refractivity contribution in [1.82, 2.24) is 10.6 Å². The second-order valence-electron chi connectivity index (χ2n) is 8.45. The number of carbonyl (C=O) groups excluding carboxylic acids is 1. The molecule has 1 aliphatic carbocycles. The molecule has 0 spiro atoms. The zero-order chi connectivity index (χ0) is 25.3. The lowest BCUT2D eigenvalue weighted by Crippen LogP contribution is -2.57. The van der Waals surface area contributed by atoms with Crippen LogP contribution in [-0.2, 0) is 0 Å². The third-order valence-corrected chi connectivity index (χ3v) is 6.26. The molecule has 3 N–H and O–H groups in total. The standard InChI is InChI=1S/C20H25F6N5O3/c1-27-14-9-15(30-7-6-28-17(10-30)20(24,25)26)13(8-16(14)31(33)34)18(32)29-12-4-2-11(3-5-12)19(21,22)23/h8-9,11-12,17,27-28H,2-7,10H2,1H3,(H,29,32). The SMILES string of the molecule is CNc1cc(N2CCNC(C(F)(F)F)C2)c(C(=O)NC2CCC(C(F)(F)F)CC2)cc1[N+](=O)[O-]. The van der Waals surface area contributed by atoms with Crippen LogP contribution in [0.2, 0.25) is 0 Å². The molecule has 1 unspecified atom stereocenters. The number of nitro benzene ring substituents is 1. The van der Waals surface area contributed by atoms with Crippen LogP contribution < -0.4 is 20.9 Å². The van der Waals surface area contributed by atoms with Crippen molar-refractivity contribution in [3.05, 3.63) is 27.8 Å². The highest BCUT2D eigenvalue weighted by Crippen LogP contribution is 2.38. The summed E-state index contributed by atoms with van der Waals surface area (Å²) in [6, 6.07) is -0.189. The molecular weight excluding hydrogens is 472 g/mol. The van der Waals surface area contributed by atoms with Gasteiger partial charge in [0.1, 0.15) is 11.7 Å². The quantitative estimate of drug-likeness (QED) is 0.325. The monoisotopic (exact) mass is 497 g/mol. The topological polar surface area (TPSA) is 99.5 Å². The first-order valence-electron chi connectivity index (χ1n) is 10.7. The number of alkyl halides is 6. The third kappa shape index (κ3) is 5.83. The number of benzene rings is 1. The molecule has 1 aromatic rings. The van der Waals surface area contributed by atoms with Crippen molar-refractivity contribution < 1.29 is 36.1 Å². The van der Waals surface area contributed by atoms with E-state index in [1.165, 1.54) is 18.0 Å². The van der Waals surface area contributed by atoms with Gasteiger partial charge < -0.3 is 20.9 Å². The Morgan fingerprint density at radius 1 is 1.12 bits per heavy atom. The molecule has 14 heteroatoms. The zero-order valence-electron chi connectivity index (χ0n) is 18.2. The minimum absolute atomic E-state index is 0.0179. The summed E-state index contributed by atoms with van der Waals surface area (Å²) in [7, 11) is 1.40. The average Bonchev–Trinajstić information content (AvgIpc) is 2.77. The van der Waals surface area contributed by atoms with Crippen LogP contribution in [0.4, 0.5) is 43.4 Å². The van der Waals surface area contributed by atoms with E-state index in [0.717, 1.165) is 6.07 Å². The molecule has 1 aliphatic heterocycles. The van der Waals surface area contributed by atoms with E-state index < -0.39 is 53.4 Å². The van der Waals surface area contributed by atoms with Crippen molar-refractivity contribution in [1.29, 1.82) is 0 Å². The first kappa shape index (κ1) is 25.8. The summed E-state index contributed by atoms with van der Waals surface area (Å²) in [6.45, 7) is -0.426. The highest BCUT2D eigenvalue weighted by atomic mass is 19.4. The Balaban J connectivity index is 1.88. The Hall–Kier alpha value is -2.77. The summed E-state index contributed by atoms with van der Waals surface area (Å²) in [6.07, 6.45) is -9.03. The van der Waals surface area contributed by atoms with Crippen molar-refractivity contribution in [2.75, 3.05) is 36.9 Å². The van der Waals surface area contributed by atoms with Crippen LogP contribution in [0.3, 0.4) is 0 Å². The molecule has 190 valence electrons. The number of hydrogen-bond acceptors (Lipinski definition) is 6. The number of anilines is 2. The normalized spacial score (nSPS) is 24.0. The zero-order valence-corrected chi connectivity index (χ0v) is 18.2. The van der Waals surface area contributed by atoms with E-state index in [2.05, 4.69) is 16.0 Å². The summed E-state index contributed by atoms with van der Waals surface area (Å²) in [5, 5.41) is 19.1. The van der Waals surface area contributed by atoms with Crippen molar-refractivity contribution in [3.8, 4) is 0 Å². The molecule has 1 saturated carbocycles. The molecule has 1 amide bonds. The van der Waals surface area contributed by atoms with Crippen molar-refractivity contribution in [2.24, 2.45) is 5.92 Å². The molecule has 0 bridgehead atoms. The number of nitrogens with one attached hydrogen (secondary N) is 3. The molecule has 2 aliphatic rings. The first-order valence-corrected chi connectivity index (χ1v) is 10.7. The highest BCUT2D eigenvalue weighted by molar-refractivity contribution is 6.02. The number of halogens is 6. The van der Waals surface area contributed by atoms with Gasteiger partial charge in [-0.2, -0.15) is 26.3 Å². The molecule has 1 saturated heterocycles. The van der Waals surface area contributed by atoms with Crippen LogP contribution in [0.5, 0.6) is 0 Å². The largest absolute Gasteiger partial charge is 0.405 e. The lowest BCUT2D eigenvalue weighted by atomic mass is 9.85. The fraction of sp³-hybridized carbons (Fsp3) is 0.650. The number of piperazine rings is 1. The Kier molecular flexibility index (Phi) is 7.48. The second kappa shape index (κ2) is 9.84. The number of carbonyl (C=O) groups is 1. The van der Waals surface area contributed by atoms with Crippen LogP contribution in [0.25, 0.3) is 0 Å². The van der Waals surface area contributed by atoms with Crippen LogP contribution in [0.15, 0.2) is 12.1 Å². The Bertz CT molecular complexity index is 915. The van der Waals surface area contributed by atoms with Gasteiger partial charge in [0.2, 0.25) is 0 Å². The minimum Gasteiger partial charge on any atom is -0.383 e. The molecular formula is C20H25F6N5O3. The van der Waals surface area contributed by atoms with Gasteiger partial charge in [-0.05, 0) is 31.7 Å². The average molecular weight is 497 g/mol. The van der Waals surface area contributed by atoms with E-state index in [9.17, 15) is 41.3 Å². The number of rotatable bonds is 5. The molecule has 1 aromatic carbocycles. The van der Waals surface area contributed by atoms with E-state index in [-0.39, 0.29) is 55.7 Å². The van der Waals surface area contributed by atoms with E-state index in [0.29, 0.717) is 0 Å². The summed E-state index contributed by atoms with van der Waals surface area (Å²) in [4.78, 5) is 25.2. The summed E-state index contributed by atoms with van der Waals surface area (Å²) in [5.74, 6) is -2.23. The fourth-order valence-corrected chi connectivity index (χ4v) is 4.39. The van der Waals surface area contributed by atoms with Gasteiger partial charge in [-0.1, -0.05) is 0 Å². The number of hydrogen-bond donors (Lipinski definition) is 3. The summed E-state index contributed by atoms with van der Waals surface area (Å²) >= 11 is 0. The molecule has 34 heavy (non-hydrogen) atoms. The summed E-state index contributed by atoms with van der Waals surface area (Å²) < 4.78 is 78.6. The first-order chi connectivity index (χ1) is 15.8.